The molecule has 5 heterocycles. The van der Waals surface area contributed by atoms with Crippen molar-refractivity contribution in [1.82, 2.24) is 40.4 Å². The first-order valence-corrected chi connectivity index (χ1v) is 22.7. The highest BCUT2D eigenvalue weighted by Gasteiger charge is 2.51. The minimum atomic E-state index is -0.947. The van der Waals surface area contributed by atoms with Crippen molar-refractivity contribution in [1.29, 1.82) is 0 Å². The molecule has 3 fully saturated rings. The molecule has 1 aliphatic carbocycles. The molecule has 3 aliphatic heterocycles. The van der Waals surface area contributed by atoms with Crippen LogP contribution < -0.4 is 15.4 Å². The Morgan fingerprint density at radius 3 is 2.39 bits per heavy atom. The Morgan fingerprint density at radius 2 is 1.65 bits per heavy atom. The number of alkyl carbamates (subject to hydrolysis) is 2. The lowest BCUT2D eigenvalue weighted by Gasteiger charge is -2.39. The summed E-state index contributed by atoms with van der Waals surface area (Å²) in [5.41, 5.74) is 7.16. The molecule has 16 nitrogen and oxygen atoms in total. The molecule has 0 radical (unpaired) electrons. The molecule has 1 saturated carbocycles. The number of H-pyrrole nitrogens is 2. The number of fused-ring (bicyclic) bond motifs is 7. The van der Waals surface area contributed by atoms with Gasteiger partial charge in [0.1, 0.15) is 36.1 Å². The quantitative estimate of drug-likeness (QED) is 0.100. The lowest BCUT2D eigenvalue weighted by molar-refractivity contribution is -0.139. The fourth-order valence-electron chi connectivity index (χ4n) is 10.6. The van der Waals surface area contributed by atoms with Gasteiger partial charge in [0.2, 0.25) is 5.91 Å². The van der Waals surface area contributed by atoms with E-state index < -0.39 is 24.3 Å². The van der Waals surface area contributed by atoms with Gasteiger partial charge in [0.05, 0.1) is 55.8 Å². The summed E-state index contributed by atoms with van der Waals surface area (Å²) < 4.78 is 21.8. The third kappa shape index (κ3) is 7.65. The van der Waals surface area contributed by atoms with Crippen LogP contribution in [-0.2, 0) is 30.4 Å². The Hall–Kier alpha value is -6.94. The van der Waals surface area contributed by atoms with Gasteiger partial charge in [-0.3, -0.25) is 9.59 Å². The van der Waals surface area contributed by atoms with Crippen molar-refractivity contribution >= 4 is 45.8 Å². The molecule has 6 aromatic rings. The van der Waals surface area contributed by atoms with Crippen LogP contribution in [0.2, 0.25) is 0 Å². The number of methoxy groups -OCH3 is 3. The maximum atomic E-state index is 14.3. The second-order valence-electron chi connectivity index (χ2n) is 18.3. The minimum Gasteiger partial charge on any atom is -0.488 e. The van der Waals surface area contributed by atoms with Gasteiger partial charge in [0.25, 0.3) is 5.91 Å². The molecule has 2 saturated heterocycles. The predicted octanol–water partition coefficient (Wildman–Crippen LogP) is 7.73. The SMILES string of the molecule is COCC1CC(c2ncc(-c3ccc4c(c3)COc3cc5c(ccc6[nH]c(C7CC8CCC8N7C(=O)C(NC(=O)OC)C(C)C)nc65)cc3-4)[nH]2)N(C(=O)C(NC(=O)OC)c2ccccc2)C1. The normalized spacial score (nSPS) is 21.6. The van der Waals surface area contributed by atoms with Gasteiger partial charge in [-0.2, -0.15) is 0 Å². The van der Waals surface area contributed by atoms with Gasteiger partial charge in [-0.15, -0.1) is 0 Å². The molecular weight excluding hydrogens is 841 g/mol. The van der Waals surface area contributed by atoms with Crippen LogP contribution in [0.4, 0.5) is 9.59 Å². The second kappa shape index (κ2) is 17.5. The Bertz CT molecular complexity index is 2840. The highest BCUT2D eigenvalue weighted by atomic mass is 16.5. The topological polar surface area (TPSA) is 193 Å². The summed E-state index contributed by atoms with van der Waals surface area (Å²) in [6, 6.07) is 21.6. The van der Waals surface area contributed by atoms with Crippen LogP contribution in [0.3, 0.4) is 0 Å². The number of likely N-dealkylation sites (tertiary alicyclic amines) is 2. The van der Waals surface area contributed by atoms with E-state index in [1.54, 1.807) is 18.2 Å². The smallest absolute Gasteiger partial charge is 0.407 e. The number of carbonyl (C=O) groups excluding carboxylic acids is 4. The summed E-state index contributed by atoms with van der Waals surface area (Å²) in [5.74, 6) is 2.12. The number of rotatable bonds is 11. The number of amides is 4. The highest BCUT2D eigenvalue weighted by molar-refractivity contribution is 6.07. The van der Waals surface area contributed by atoms with E-state index in [0.717, 1.165) is 80.6 Å². The molecule has 342 valence electrons. The van der Waals surface area contributed by atoms with Gasteiger partial charge in [0, 0.05) is 36.6 Å². The zero-order valence-corrected chi connectivity index (χ0v) is 37.6. The third-order valence-corrected chi connectivity index (χ3v) is 14.0. The van der Waals surface area contributed by atoms with E-state index in [1.165, 1.54) is 14.2 Å². The Labute approximate surface area is 381 Å². The van der Waals surface area contributed by atoms with Gasteiger partial charge < -0.3 is 49.3 Å². The molecule has 4 amide bonds. The van der Waals surface area contributed by atoms with Crippen LogP contribution in [0.15, 0.2) is 79.0 Å². The standard InChI is InChI=1S/C50H54N8O8/c1-26(2)42(55-49(61)64-4)48(60)58-38-16-13-31(38)20-40(58)46-52-36-15-12-29-19-35-33-14-11-30(18-32(33)25-66-41(35)21-34(29)44(36)54-46)37-22-51-45(53-37)39-17-27(24-63-3)23-57(39)47(59)43(56-50(62)65-5)28-9-7-6-8-10-28/h6-12,14-15,18-19,21-22,26-27,31,38-40,42-43H,13,16-17,20,23-25H2,1-5H3,(H,51,53)(H,52,54)(H,55,61)(H,56,62). The number of nitrogens with one attached hydrogen (secondary N) is 4. The zero-order valence-electron chi connectivity index (χ0n) is 37.6. The molecule has 4 N–H and O–H groups in total. The summed E-state index contributed by atoms with van der Waals surface area (Å²) in [7, 11) is 4.24. The molecule has 66 heavy (non-hydrogen) atoms. The molecule has 7 unspecified atom stereocenters. The van der Waals surface area contributed by atoms with E-state index in [4.69, 9.17) is 28.9 Å². The van der Waals surface area contributed by atoms with E-state index >= 15 is 0 Å². The molecule has 2 aromatic heterocycles. The largest absolute Gasteiger partial charge is 0.488 e. The van der Waals surface area contributed by atoms with Crippen molar-refractivity contribution in [2.45, 2.75) is 76.3 Å². The molecule has 7 atom stereocenters. The van der Waals surface area contributed by atoms with E-state index in [9.17, 15) is 19.2 Å². The van der Waals surface area contributed by atoms with Crippen LogP contribution in [0.25, 0.3) is 44.2 Å². The van der Waals surface area contributed by atoms with Crippen molar-refractivity contribution in [2.75, 3.05) is 34.5 Å². The molecule has 16 heteroatoms. The van der Waals surface area contributed by atoms with Gasteiger partial charge in [0.15, 0.2) is 0 Å². The zero-order chi connectivity index (χ0) is 45.8. The van der Waals surface area contributed by atoms with E-state index in [0.29, 0.717) is 43.5 Å². The number of hydrogen-bond donors (Lipinski definition) is 4. The summed E-state index contributed by atoms with van der Waals surface area (Å²) >= 11 is 0. The van der Waals surface area contributed by atoms with Gasteiger partial charge >= 0.3 is 12.2 Å². The lowest BCUT2D eigenvalue weighted by atomic mass is 9.80. The third-order valence-electron chi connectivity index (χ3n) is 14.0. The number of ether oxygens (including phenoxy) is 4. The average molecular weight is 895 g/mol. The lowest BCUT2D eigenvalue weighted by Crippen LogP contribution is -2.54. The van der Waals surface area contributed by atoms with Gasteiger partial charge in [-0.05, 0) is 89.4 Å². The fraction of sp³-hybridized carbons (Fsp3) is 0.400. The van der Waals surface area contributed by atoms with Crippen molar-refractivity contribution in [3.8, 4) is 28.1 Å². The number of imidazole rings is 2. The maximum absolute atomic E-state index is 14.3. The molecule has 0 spiro atoms. The second-order valence-corrected chi connectivity index (χ2v) is 18.3. The van der Waals surface area contributed by atoms with Crippen molar-refractivity contribution < 1.29 is 38.1 Å². The number of hydrogen-bond acceptors (Lipinski definition) is 10. The highest BCUT2D eigenvalue weighted by Crippen LogP contribution is 2.50. The minimum absolute atomic E-state index is 0.0690. The van der Waals surface area contributed by atoms with Crippen LogP contribution in [0.1, 0.15) is 80.4 Å². The van der Waals surface area contributed by atoms with Crippen LogP contribution in [0, 0.1) is 17.8 Å². The maximum Gasteiger partial charge on any atom is 0.407 e. The summed E-state index contributed by atoms with van der Waals surface area (Å²) in [4.78, 5) is 74.0. The first kappa shape index (κ1) is 43.0. The van der Waals surface area contributed by atoms with Crippen molar-refractivity contribution in [3.05, 3.63) is 102 Å². The number of aromatic amines is 2. The van der Waals surface area contributed by atoms with Crippen LogP contribution in [-0.4, -0.2) is 100 Å². The van der Waals surface area contributed by atoms with E-state index in [-0.39, 0.29) is 41.8 Å². The number of nitrogens with zero attached hydrogens (tertiary/aromatic N) is 4. The Balaban J connectivity index is 0.913. The van der Waals surface area contributed by atoms with Gasteiger partial charge in [-0.25, -0.2) is 19.6 Å². The molecular formula is C50H54N8O8. The monoisotopic (exact) mass is 894 g/mol. The van der Waals surface area contributed by atoms with Crippen LogP contribution in [0.5, 0.6) is 5.75 Å². The summed E-state index contributed by atoms with van der Waals surface area (Å²) in [5, 5.41) is 7.48. The Morgan fingerprint density at radius 1 is 0.848 bits per heavy atom. The van der Waals surface area contributed by atoms with E-state index in [1.807, 2.05) is 55.1 Å². The van der Waals surface area contributed by atoms with Crippen LogP contribution >= 0.6 is 0 Å². The summed E-state index contributed by atoms with van der Waals surface area (Å²) in [6.45, 7) is 5.13. The van der Waals surface area contributed by atoms with Crippen molar-refractivity contribution in [2.24, 2.45) is 17.8 Å². The van der Waals surface area contributed by atoms with Crippen molar-refractivity contribution in [3.63, 3.8) is 0 Å². The molecule has 10 rings (SSSR count). The molecule has 4 aromatic carbocycles. The summed E-state index contributed by atoms with van der Waals surface area (Å²) in [6.07, 6.45) is 3.92. The predicted molar refractivity (Wildman–Crippen MR) is 245 cm³/mol. The first-order chi connectivity index (χ1) is 32.0. The average Bonchev–Trinajstić information content (AvgIpc) is 4.13. The first-order valence-electron chi connectivity index (χ1n) is 22.7. The van der Waals surface area contributed by atoms with Gasteiger partial charge in [-0.1, -0.05) is 62.4 Å². The molecule has 4 aliphatic rings. The number of carbonyl (C=O) groups is 4. The fourth-order valence-corrected chi connectivity index (χ4v) is 10.6. The van der Waals surface area contributed by atoms with E-state index in [2.05, 4.69) is 57.0 Å². The number of aromatic nitrogens is 4. The number of benzene rings is 4. The Kier molecular flexibility index (Phi) is 11.4. The molecule has 0 bridgehead atoms.